The van der Waals surface area contributed by atoms with Crippen molar-refractivity contribution in [2.75, 3.05) is 10.5 Å². The summed E-state index contributed by atoms with van der Waals surface area (Å²) in [6, 6.07) is 6.36. The van der Waals surface area contributed by atoms with E-state index >= 15 is 0 Å². The number of pyridine rings is 1. The normalized spacial score (nSPS) is 11.2. The Morgan fingerprint density at radius 2 is 2.20 bits per heavy atom. The summed E-state index contributed by atoms with van der Waals surface area (Å²) in [4.78, 5) is 14.7. The summed E-state index contributed by atoms with van der Waals surface area (Å²) in [5, 5.41) is 14.5. The first-order chi connectivity index (χ1) is 9.46. The van der Waals surface area contributed by atoms with Crippen molar-refractivity contribution >= 4 is 21.8 Å². The number of carboxylic acids is 1. The zero-order valence-corrected chi connectivity index (χ0v) is 11.1. The smallest absolute Gasteiger partial charge is 0.353 e. The van der Waals surface area contributed by atoms with Gasteiger partial charge in [0.25, 0.3) is 0 Å². The van der Waals surface area contributed by atoms with Gasteiger partial charge >= 0.3 is 5.97 Å². The first kappa shape index (κ1) is 14.0. The Morgan fingerprint density at radius 1 is 1.40 bits per heavy atom. The third kappa shape index (κ3) is 3.79. The summed E-state index contributed by atoms with van der Waals surface area (Å²) in [7, 11) is -3.61. The minimum absolute atomic E-state index is 0.0524. The third-order valence-electron chi connectivity index (χ3n) is 2.42. The number of carbonyl (C=O) groups is 1. The van der Waals surface area contributed by atoms with E-state index in [2.05, 4.69) is 19.9 Å². The van der Waals surface area contributed by atoms with E-state index in [4.69, 9.17) is 5.11 Å². The molecule has 0 fully saturated rings. The Bertz CT molecular complexity index is 696. The number of hydrogen-bond donors (Lipinski definition) is 3. The summed E-state index contributed by atoms with van der Waals surface area (Å²) in [6.45, 7) is 0. The van der Waals surface area contributed by atoms with Gasteiger partial charge in [-0.25, -0.2) is 13.2 Å². The fraction of sp³-hybridized carbons (Fsp3) is 0.182. The van der Waals surface area contributed by atoms with Gasteiger partial charge in [-0.3, -0.25) is 14.8 Å². The summed E-state index contributed by atoms with van der Waals surface area (Å²) in [6.07, 6.45) is 1.84. The fourth-order valence-electron chi connectivity index (χ4n) is 1.48. The monoisotopic (exact) mass is 296 g/mol. The van der Waals surface area contributed by atoms with Crippen LogP contribution in [-0.4, -0.2) is 40.4 Å². The van der Waals surface area contributed by atoms with Gasteiger partial charge in [-0.05, 0) is 12.1 Å². The van der Waals surface area contributed by atoms with Gasteiger partial charge in [0.2, 0.25) is 10.0 Å². The van der Waals surface area contributed by atoms with E-state index in [-0.39, 0.29) is 23.7 Å². The molecule has 0 bridgehead atoms. The van der Waals surface area contributed by atoms with E-state index in [1.54, 1.807) is 24.4 Å². The zero-order valence-electron chi connectivity index (χ0n) is 10.3. The van der Waals surface area contributed by atoms with Crippen molar-refractivity contribution < 1.29 is 18.3 Å². The summed E-state index contributed by atoms with van der Waals surface area (Å²) < 4.78 is 25.8. The predicted octanol–water partition coefficient (Wildman–Crippen LogP) is 0.487. The zero-order chi connectivity index (χ0) is 14.6. The number of hydrogen-bond acceptors (Lipinski definition) is 5. The van der Waals surface area contributed by atoms with Crippen LogP contribution in [-0.2, 0) is 16.4 Å². The van der Waals surface area contributed by atoms with Crippen molar-refractivity contribution in [3.8, 4) is 0 Å². The molecule has 0 aliphatic carbocycles. The number of rotatable bonds is 6. The van der Waals surface area contributed by atoms with Crippen LogP contribution in [0, 0.1) is 0 Å². The molecule has 2 heterocycles. The molecule has 0 saturated carbocycles. The average molecular weight is 296 g/mol. The molecule has 0 spiro atoms. The van der Waals surface area contributed by atoms with Gasteiger partial charge in [0, 0.05) is 24.4 Å². The fourth-order valence-corrected chi connectivity index (χ4v) is 2.48. The lowest BCUT2D eigenvalue weighted by molar-refractivity contribution is 0.0690. The Kier molecular flexibility index (Phi) is 3.99. The highest BCUT2D eigenvalue weighted by atomic mass is 32.2. The van der Waals surface area contributed by atoms with Crippen LogP contribution in [0.25, 0.3) is 0 Å². The van der Waals surface area contributed by atoms with Crippen LogP contribution < -0.4 is 4.72 Å². The van der Waals surface area contributed by atoms with E-state index in [1.807, 2.05) is 0 Å². The molecule has 106 valence electrons. The van der Waals surface area contributed by atoms with Crippen molar-refractivity contribution in [1.82, 2.24) is 15.2 Å². The summed E-state index contributed by atoms with van der Waals surface area (Å²) in [5.41, 5.74) is 0.471. The second-order valence-corrected chi connectivity index (χ2v) is 5.81. The molecule has 0 radical (unpaired) electrons. The first-order valence-corrected chi connectivity index (χ1v) is 7.30. The molecule has 0 aliphatic rings. The van der Waals surface area contributed by atoms with Crippen molar-refractivity contribution in [2.45, 2.75) is 6.42 Å². The van der Waals surface area contributed by atoms with Gasteiger partial charge in [0.1, 0.15) is 5.69 Å². The third-order valence-corrected chi connectivity index (χ3v) is 3.68. The van der Waals surface area contributed by atoms with Gasteiger partial charge in [0.15, 0.2) is 5.82 Å². The van der Waals surface area contributed by atoms with Crippen LogP contribution in [0.15, 0.2) is 30.5 Å². The van der Waals surface area contributed by atoms with Crippen molar-refractivity contribution in [3.05, 3.63) is 41.9 Å². The van der Waals surface area contributed by atoms with Crippen LogP contribution in [0.4, 0.5) is 5.82 Å². The van der Waals surface area contributed by atoms with Crippen molar-refractivity contribution in [1.29, 1.82) is 0 Å². The van der Waals surface area contributed by atoms with Crippen LogP contribution in [0.5, 0.6) is 0 Å². The van der Waals surface area contributed by atoms with Crippen LogP contribution in [0.1, 0.15) is 16.2 Å². The van der Waals surface area contributed by atoms with E-state index in [0.29, 0.717) is 5.69 Å². The predicted molar refractivity (Wildman–Crippen MR) is 70.9 cm³/mol. The quantitative estimate of drug-likeness (QED) is 0.712. The number of anilines is 1. The van der Waals surface area contributed by atoms with E-state index in [1.165, 1.54) is 0 Å². The number of aromatic amines is 1. The highest BCUT2D eigenvalue weighted by Gasteiger charge is 2.15. The number of aromatic carboxylic acids is 1. The number of nitrogens with one attached hydrogen (secondary N) is 2. The molecule has 0 aromatic carbocycles. The molecule has 2 aromatic heterocycles. The highest BCUT2D eigenvalue weighted by molar-refractivity contribution is 7.92. The molecule has 0 atom stereocenters. The second kappa shape index (κ2) is 5.70. The lowest BCUT2D eigenvalue weighted by Gasteiger charge is -2.04. The number of carboxylic acid groups (broad SMARTS) is 1. The first-order valence-electron chi connectivity index (χ1n) is 5.65. The maximum atomic E-state index is 11.8. The van der Waals surface area contributed by atoms with Crippen LogP contribution in [0.2, 0.25) is 0 Å². The van der Waals surface area contributed by atoms with Crippen molar-refractivity contribution in [2.24, 2.45) is 0 Å². The molecule has 8 nitrogen and oxygen atoms in total. The number of sulfonamides is 1. The van der Waals surface area contributed by atoms with Crippen LogP contribution in [0.3, 0.4) is 0 Å². The topological polar surface area (TPSA) is 125 Å². The minimum atomic E-state index is -3.61. The maximum absolute atomic E-state index is 11.8. The van der Waals surface area contributed by atoms with Crippen LogP contribution >= 0.6 is 0 Å². The van der Waals surface area contributed by atoms with E-state index in [0.717, 1.165) is 6.07 Å². The van der Waals surface area contributed by atoms with E-state index < -0.39 is 16.0 Å². The molecule has 0 aliphatic heterocycles. The average Bonchev–Trinajstić information content (AvgIpc) is 2.86. The molecular formula is C11H12N4O4S. The molecular weight excluding hydrogens is 284 g/mol. The molecule has 20 heavy (non-hydrogen) atoms. The summed E-state index contributed by atoms with van der Waals surface area (Å²) >= 11 is 0. The Morgan fingerprint density at radius 3 is 2.80 bits per heavy atom. The Hall–Kier alpha value is -2.42. The number of aryl methyl sites for hydroxylation is 1. The van der Waals surface area contributed by atoms with Gasteiger partial charge in [-0.1, -0.05) is 6.07 Å². The lowest BCUT2D eigenvalue weighted by atomic mass is 10.3. The lowest BCUT2D eigenvalue weighted by Crippen LogP contribution is -2.18. The molecule has 2 aromatic rings. The molecule has 0 saturated heterocycles. The molecule has 2 rings (SSSR count). The Balaban J connectivity index is 1.98. The van der Waals surface area contributed by atoms with Crippen molar-refractivity contribution in [3.63, 3.8) is 0 Å². The van der Waals surface area contributed by atoms with Gasteiger partial charge in [0.05, 0.1) is 5.75 Å². The van der Waals surface area contributed by atoms with Gasteiger partial charge in [-0.15, -0.1) is 0 Å². The standard InChI is InChI=1S/C11H12N4O4S/c16-11(17)9-7-10(14-13-9)15-20(18,19)6-4-8-3-1-2-5-12-8/h1-3,5,7H,4,6H2,(H,16,17)(H2,13,14,15). The molecule has 3 N–H and O–H groups in total. The number of nitrogens with zero attached hydrogens (tertiary/aromatic N) is 2. The number of H-pyrrole nitrogens is 1. The van der Waals surface area contributed by atoms with E-state index in [9.17, 15) is 13.2 Å². The summed E-state index contributed by atoms with van der Waals surface area (Å²) in [5.74, 6) is -1.43. The minimum Gasteiger partial charge on any atom is -0.477 e. The molecule has 0 unspecified atom stereocenters. The van der Waals surface area contributed by atoms with Gasteiger partial charge < -0.3 is 5.11 Å². The highest BCUT2D eigenvalue weighted by Crippen LogP contribution is 2.08. The maximum Gasteiger partial charge on any atom is 0.353 e. The molecule has 0 amide bonds. The largest absolute Gasteiger partial charge is 0.477 e. The van der Waals surface area contributed by atoms with Gasteiger partial charge in [-0.2, -0.15) is 5.10 Å². The number of aromatic nitrogens is 3. The molecule has 9 heteroatoms. The Labute approximate surface area is 114 Å². The SMILES string of the molecule is O=C(O)c1cc(NS(=O)(=O)CCc2ccccn2)n[nH]1. The second-order valence-electron chi connectivity index (χ2n) is 3.96.